The van der Waals surface area contributed by atoms with E-state index in [1.165, 1.54) is 79.6 Å². The molecule has 4 aliphatic heterocycles. The minimum Gasteiger partial charge on any atom is -0.362 e. The predicted molar refractivity (Wildman–Crippen MR) is 555 cm³/mol. The van der Waals surface area contributed by atoms with Gasteiger partial charge >= 0.3 is 0 Å². The molecule has 20 rings (SSSR count). The fourth-order valence-corrected chi connectivity index (χ4v) is 26.6. The molecule has 4 fully saturated rings. The van der Waals surface area contributed by atoms with Crippen molar-refractivity contribution in [3.8, 4) is 45.2 Å². The van der Waals surface area contributed by atoms with Gasteiger partial charge in [-0.05, 0) is 250 Å². The van der Waals surface area contributed by atoms with Crippen molar-refractivity contribution in [2.45, 2.75) is 61.1 Å². The number of para-hydroxylation sites is 2. The van der Waals surface area contributed by atoms with Crippen LogP contribution in [0.1, 0.15) is 33.4 Å². The summed E-state index contributed by atoms with van der Waals surface area (Å²) in [5.41, 5.74) is 15.4. The summed E-state index contributed by atoms with van der Waals surface area (Å²) in [4.78, 5) is 27.2. The molecule has 11 aromatic carbocycles. The molecule has 4 saturated heterocycles. The normalized spacial score (nSPS) is 15.7. The third-order valence-electron chi connectivity index (χ3n) is 23.7. The number of hydrogen-bond acceptors (Lipinski definition) is 26. The number of pyridine rings is 4. The number of anilines is 8. The lowest BCUT2D eigenvalue weighted by atomic mass is 10.00. The minimum atomic E-state index is -4.07. The maximum absolute atomic E-state index is 13.3. The molecule has 0 spiro atoms. The van der Waals surface area contributed by atoms with Crippen LogP contribution in [0.15, 0.2) is 305 Å². The highest BCUT2D eigenvalue weighted by molar-refractivity contribution is 7.95. The van der Waals surface area contributed by atoms with Gasteiger partial charge in [-0.1, -0.05) is 103 Å². The van der Waals surface area contributed by atoms with Crippen molar-refractivity contribution in [1.82, 2.24) is 29.9 Å². The molecule has 0 radical (unpaired) electrons. The fraction of sp³-hybridized carbons (Fsp3) is 0.180. The van der Waals surface area contributed by atoms with Gasteiger partial charge in [0.25, 0.3) is 80.2 Å². The van der Waals surface area contributed by atoms with E-state index in [9.17, 15) is 67.3 Å². The van der Waals surface area contributed by atoms with E-state index in [4.69, 9.17) is 35.5 Å². The highest BCUT2D eigenvalue weighted by Gasteiger charge is 2.34. The van der Waals surface area contributed by atoms with Crippen LogP contribution in [0, 0.1) is 41.5 Å². The number of aromatic nitrogens is 6. The van der Waals surface area contributed by atoms with Gasteiger partial charge in [-0.25, -0.2) is 87.3 Å². The number of rotatable bonds is 20. The molecule has 9 heterocycles. The monoisotopic (exact) mass is 2100 g/mol. The fourth-order valence-electron chi connectivity index (χ4n) is 16.5. The summed E-state index contributed by atoms with van der Waals surface area (Å²) in [6.07, 6.45) is 6.89. The summed E-state index contributed by atoms with van der Waals surface area (Å²) in [7, 11) is -30.3. The number of halogens is 1. The Balaban J connectivity index is 0.000000131. The van der Waals surface area contributed by atoms with E-state index >= 15 is 0 Å². The SMILES string of the molecule is Cc1ccc(NS(=O)(=O)c2ccc(N3CCOCS3(=O)=O)cc2)cc1-c1ccc2cnccc2n1.Cc1ccc(NS(=O)(=O)c2ccc(N3CCOCS3(=O)=O)cc2C)cc1-c1ccc2ccccc2n1.Cc1ccc(NS(=O)(=O)c2ccc(N3CCOCS3(=O)=O)cc2C)cc1-c1ncc2ccccc2n1.Cc1ccc(NS(=O)(=O)c2ccc(N3CCOCS3(=O)=O)cc2Cl)cc1-c1nccc2ccccc12. The summed E-state index contributed by atoms with van der Waals surface area (Å²) in [5, 5.41) is 4.75. The van der Waals surface area contributed by atoms with Crippen molar-refractivity contribution < 1.29 is 86.3 Å². The molecule has 0 amide bonds. The molecule has 0 bridgehead atoms. The Morgan fingerprint density at radius 2 is 0.692 bits per heavy atom. The van der Waals surface area contributed by atoms with E-state index < -0.39 is 104 Å². The van der Waals surface area contributed by atoms with Crippen LogP contribution < -0.4 is 36.1 Å². The van der Waals surface area contributed by atoms with Crippen LogP contribution in [0.3, 0.4) is 0 Å². The summed E-state index contributed by atoms with van der Waals surface area (Å²) in [6.45, 7) is 12.7. The first-order chi connectivity index (χ1) is 68.2. The van der Waals surface area contributed by atoms with Gasteiger partial charge < -0.3 is 18.9 Å². The van der Waals surface area contributed by atoms with Gasteiger partial charge in [-0.15, -0.1) is 0 Å². The Bertz CT molecular complexity index is 8430. The Kier molecular flexibility index (Phi) is 29.1. The Hall–Kier alpha value is -13.7. The van der Waals surface area contributed by atoms with Gasteiger partial charge in [0, 0.05) is 91.3 Å². The Labute approximate surface area is 833 Å². The largest absolute Gasteiger partial charge is 0.362 e. The molecular formula is C100H93ClN14O20S8. The molecule has 4 N–H and O–H groups in total. The first kappa shape index (κ1) is 101. The number of nitrogens with one attached hydrogen (secondary N) is 4. The van der Waals surface area contributed by atoms with Crippen molar-refractivity contribution in [3.63, 3.8) is 0 Å². The molecule has 34 nitrogen and oxygen atoms in total. The molecular weight excluding hydrogens is 2010 g/mol. The average Bonchev–Trinajstić information content (AvgIpc) is 0.981. The van der Waals surface area contributed by atoms with Gasteiger partial charge in [0.05, 0.1) is 129 Å². The second kappa shape index (κ2) is 41.3. The van der Waals surface area contributed by atoms with Crippen molar-refractivity contribution in [2.24, 2.45) is 0 Å². The van der Waals surface area contributed by atoms with Crippen LogP contribution in [-0.4, -0.2) is 174 Å². The van der Waals surface area contributed by atoms with Gasteiger partial charge in [0.15, 0.2) is 29.6 Å². The molecule has 0 unspecified atom stereocenters. The number of aryl methyl sites for hydroxylation is 6. The third-order valence-corrected chi connectivity index (χ3v) is 36.1. The van der Waals surface area contributed by atoms with Crippen molar-refractivity contribution >= 4 is 181 Å². The molecule has 738 valence electrons. The van der Waals surface area contributed by atoms with Crippen LogP contribution in [0.25, 0.3) is 88.6 Å². The van der Waals surface area contributed by atoms with Crippen LogP contribution in [0.5, 0.6) is 0 Å². The topological polar surface area (TPSA) is 448 Å². The van der Waals surface area contributed by atoms with Gasteiger partial charge in [-0.3, -0.25) is 46.1 Å². The lowest BCUT2D eigenvalue weighted by molar-refractivity contribution is 0.175. The molecule has 0 aliphatic carbocycles. The highest BCUT2D eigenvalue weighted by atomic mass is 35.5. The van der Waals surface area contributed by atoms with E-state index in [2.05, 4.69) is 43.8 Å². The van der Waals surface area contributed by atoms with E-state index in [1.54, 1.807) is 99.3 Å². The maximum Gasteiger partial charge on any atom is 0.263 e. The number of ether oxygens (including phenoxy) is 4. The molecule has 16 aromatic rings. The van der Waals surface area contributed by atoms with Gasteiger partial charge in [0.2, 0.25) is 0 Å². The van der Waals surface area contributed by atoms with Crippen LogP contribution >= 0.6 is 11.6 Å². The standard InChI is InChI=1S/C26H25N3O5S2.C25H22ClN3O5S2.C25H24N4O5S2.C24H22N4O5S2/c1-18-7-9-21(16-23(18)25-11-8-20-5-3-4-6-24(20)27-25)28-36(32,33)26-12-10-22(15-19(26)2)29-13-14-34-17-35(29,30)31;1-17-6-7-19(14-22(17)25-21-5-3-2-4-18(21)10-11-27-25)28-36(32,33)24-9-8-20(15-23(24)26)29-12-13-34-16-35(29,30)31;1-17-7-8-20(14-22(17)25-26-15-19-5-3-4-6-23(19)27-25)28-36(32,33)24-10-9-21(13-18(24)2)29-11-12-34-16-35(29,30)31;1-17-2-4-19(14-22(17)24-9-3-18-15-25-11-10-23(18)26-24)27-35(31,32)21-7-5-20(6-8-21)28-12-13-33-16-34(28,29)30/h3-12,15-16,28H,13-14,17H2,1-2H3;2-11,14-15,28H,12-13,16H2,1H3;3-10,13-15,28H,11-12,16H2,1-2H3;2-11,14-15,27H,12-13,16H2,1H3. The summed E-state index contributed by atoms with van der Waals surface area (Å²) in [5.74, 6) is -1.12. The molecule has 0 saturated carbocycles. The zero-order valence-electron chi connectivity index (χ0n) is 77.4. The smallest absolute Gasteiger partial charge is 0.263 e. The Morgan fingerprint density at radius 1 is 0.315 bits per heavy atom. The molecule has 4 aliphatic rings. The second-order valence-corrected chi connectivity index (χ2v) is 48.1. The summed E-state index contributed by atoms with van der Waals surface area (Å²) < 4.78 is 239. The lowest BCUT2D eigenvalue weighted by Gasteiger charge is -2.28. The minimum absolute atomic E-state index is 0.0189. The molecule has 43 heteroatoms. The van der Waals surface area contributed by atoms with Crippen LogP contribution in [0.2, 0.25) is 5.02 Å². The lowest BCUT2D eigenvalue weighted by Crippen LogP contribution is -2.41. The quantitative estimate of drug-likeness (QED) is 0.0550. The molecule has 0 atom stereocenters. The first-order valence-corrected chi connectivity index (χ1v) is 57.0. The van der Waals surface area contributed by atoms with E-state index in [0.717, 1.165) is 104 Å². The van der Waals surface area contributed by atoms with Crippen molar-refractivity contribution in [2.75, 3.05) is 112 Å². The van der Waals surface area contributed by atoms with Crippen molar-refractivity contribution in [3.05, 3.63) is 324 Å². The zero-order chi connectivity index (χ0) is 101. The zero-order valence-corrected chi connectivity index (χ0v) is 84.7. The summed E-state index contributed by atoms with van der Waals surface area (Å²) in [6, 6.07) is 74.6. The molecule has 5 aromatic heterocycles. The number of nitrogens with zero attached hydrogens (tertiary/aromatic N) is 10. The van der Waals surface area contributed by atoms with E-state index in [1.807, 2.05) is 161 Å². The number of fused-ring (bicyclic) bond motifs is 4. The first-order valence-electron chi connectivity index (χ1n) is 44.3. The number of benzene rings is 11. The highest BCUT2D eigenvalue weighted by Crippen LogP contribution is 2.39. The third kappa shape index (κ3) is 22.7. The van der Waals surface area contributed by atoms with Crippen LogP contribution in [-0.2, 0) is 99.1 Å². The van der Waals surface area contributed by atoms with E-state index in [0.29, 0.717) is 62.3 Å². The average molecular weight is 2100 g/mol. The van der Waals surface area contributed by atoms with Crippen LogP contribution in [0.4, 0.5) is 45.5 Å². The maximum atomic E-state index is 13.3. The second-order valence-electron chi connectivity index (χ2n) is 33.7. The van der Waals surface area contributed by atoms with Crippen molar-refractivity contribution in [1.29, 1.82) is 0 Å². The van der Waals surface area contributed by atoms with Gasteiger partial charge in [0.1, 0.15) is 4.90 Å². The summed E-state index contributed by atoms with van der Waals surface area (Å²) >= 11 is 6.33. The number of hydrogen-bond donors (Lipinski definition) is 4. The molecule has 143 heavy (non-hydrogen) atoms. The Morgan fingerprint density at radius 3 is 1.17 bits per heavy atom. The van der Waals surface area contributed by atoms with Gasteiger partial charge in [-0.2, -0.15) is 0 Å². The number of sulfonamides is 8. The predicted octanol–water partition coefficient (Wildman–Crippen LogP) is 16.6. The van der Waals surface area contributed by atoms with E-state index in [-0.39, 0.29) is 82.9 Å².